The lowest BCUT2D eigenvalue weighted by molar-refractivity contribution is -0.149. The molecule has 6 nitrogen and oxygen atoms in total. The third-order valence-corrected chi connectivity index (χ3v) is 9.26. The van der Waals surface area contributed by atoms with Crippen molar-refractivity contribution in [2.24, 2.45) is 5.92 Å². The molecule has 2 aliphatic heterocycles. The van der Waals surface area contributed by atoms with Crippen molar-refractivity contribution in [3.63, 3.8) is 0 Å². The number of phenols is 1. The number of aliphatic hydroxyl groups is 1. The number of nitrogens with zero attached hydrogens (tertiary/aromatic N) is 3. The van der Waals surface area contributed by atoms with Crippen molar-refractivity contribution in [2.75, 3.05) is 39.8 Å². The molecule has 3 unspecified atom stereocenters. The Morgan fingerprint density at radius 3 is 2.76 bits per heavy atom. The fraction of sp³-hybridized carbons (Fsp3) is 0.607. The lowest BCUT2D eigenvalue weighted by Gasteiger charge is -2.61. The van der Waals surface area contributed by atoms with E-state index in [0.29, 0.717) is 5.75 Å². The summed E-state index contributed by atoms with van der Waals surface area (Å²) in [6.07, 6.45) is 8.88. The quantitative estimate of drug-likeness (QED) is 0.686. The summed E-state index contributed by atoms with van der Waals surface area (Å²) in [7, 11) is 1.70. The van der Waals surface area contributed by atoms with Crippen LogP contribution in [0.3, 0.4) is 0 Å². The number of likely N-dealkylation sites (tertiary alicyclic amines) is 2. The highest BCUT2D eigenvalue weighted by atomic mass is 16.5. The average molecular weight is 464 g/mol. The molecule has 2 aliphatic carbocycles. The van der Waals surface area contributed by atoms with E-state index in [-0.39, 0.29) is 11.5 Å². The monoisotopic (exact) mass is 463 g/mol. The second kappa shape index (κ2) is 8.51. The van der Waals surface area contributed by atoms with Crippen LogP contribution in [0.1, 0.15) is 48.9 Å². The molecule has 0 spiro atoms. The molecule has 0 radical (unpaired) electrons. The van der Waals surface area contributed by atoms with E-state index in [9.17, 15) is 10.2 Å². The molecule has 1 saturated carbocycles. The van der Waals surface area contributed by atoms with Gasteiger partial charge in [-0.2, -0.15) is 0 Å². The number of aromatic nitrogens is 1. The molecule has 6 rings (SSSR count). The number of benzene rings is 1. The number of piperidine rings is 1. The molecular weight excluding hydrogens is 426 g/mol. The zero-order valence-electron chi connectivity index (χ0n) is 20.2. The molecule has 2 bridgehead atoms. The topological polar surface area (TPSA) is 69.1 Å². The minimum Gasteiger partial charge on any atom is -0.508 e. The summed E-state index contributed by atoms with van der Waals surface area (Å²) in [5.74, 6) is 1.98. The van der Waals surface area contributed by atoms with Gasteiger partial charge in [0.25, 0.3) is 0 Å². The van der Waals surface area contributed by atoms with Crippen LogP contribution in [0.5, 0.6) is 11.5 Å². The van der Waals surface area contributed by atoms with Gasteiger partial charge in [-0.05, 0) is 92.9 Å². The zero-order valence-corrected chi connectivity index (χ0v) is 20.2. The van der Waals surface area contributed by atoms with Crippen molar-refractivity contribution < 1.29 is 14.9 Å². The van der Waals surface area contributed by atoms with E-state index in [0.717, 1.165) is 82.2 Å². The zero-order chi connectivity index (χ0) is 23.3. The van der Waals surface area contributed by atoms with Crippen molar-refractivity contribution >= 4 is 0 Å². The number of fused-ring (bicyclic) bond motifs is 1. The Kier molecular flexibility index (Phi) is 5.58. The maximum absolute atomic E-state index is 12.6. The molecule has 1 aromatic carbocycles. The fourth-order valence-corrected chi connectivity index (χ4v) is 7.20. The molecule has 182 valence electrons. The predicted octanol–water partition coefficient (Wildman–Crippen LogP) is 3.14. The average Bonchev–Trinajstić information content (AvgIpc) is 3.67. The number of methoxy groups -OCH3 is 1. The lowest BCUT2D eigenvalue weighted by atomic mass is 9.52. The molecule has 4 aliphatic rings. The Morgan fingerprint density at radius 2 is 1.94 bits per heavy atom. The SMILES string of the molecule is COc1cccnc1CCN1CCC23CCN(CC4CC4)C(Cc4ccc(O)cc42)C3(O)CC1. The maximum atomic E-state index is 12.6. The van der Waals surface area contributed by atoms with Gasteiger partial charge in [0.1, 0.15) is 11.5 Å². The molecule has 2 aromatic rings. The van der Waals surface area contributed by atoms with E-state index in [2.05, 4.69) is 20.9 Å². The Bertz CT molecular complexity index is 1060. The van der Waals surface area contributed by atoms with Gasteiger partial charge in [-0.25, -0.2) is 0 Å². The first-order chi connectivity index (χ1) is 16.5. The number of hydrogen-bond donors (Lipinski definition) is 2. The van der Waals surface area contributed by atoms with E-state index in [4.69, 9.17) is 4.74 Å². The highest BCUT2D eigenvalue weighted by molar-refractivity contribution is 5.48. The molecule has 3 heterocycles. The minimum absolute atomic E-state index is 0.162. The van der Waals surface area contributed by atoms with Gasteiger partial charge in [0.15, 0.2) is 0 Å². The number of aromatic hydroxyl groups is 1. The molecule has 3 fully saturated rings. The van der Waals surface area contributed by atoms with Crippen LogP contribution in [0.25, 0.3) is 0 Å². The molecule has 2 N–H and O–H groups in total. The highest BCUT2D eigenvalue weighted by Crippen LogP contribution is 2.56. The van der Waals surface area contributed by atoms with Gasteiger partial charge in [0, 0.05) is 43.7 Å². The van der Waals surface area contributed by atoms with E-state index < -0.39 is 5.60 Å². The Hall–Kier alpha value is -2.15. The number of phenolic OH excluding ortho intramolecular Hbond substituents is 1. The summed E-state index contributed by atoms with van der Waals surface area (Å²) in [5.41, 5.74) is 2.46. The Balaban J connectivity index is 1.29. The van der Waals surface area contributed by atoms with Crippen LogP contribution < -0.4 is 4.74 Å². The van der Waals surface area contributed by atoms with Gasteiger partial charge in [-0.3, -0.25) is 9.88 Å². The molecule has 1 aromatic heterocycles. The second-order valence-corrected chi connectivity index (χ2v) is 11.0. The second-order valence-electron chi connectivity index (χ2n) is 11.0. The molecule has 2 saturated heterocycles. The number of hydrogen-bond acceptors (Lipinski definition) is 6. The molecular formula is C28H37N3O3. The normalized spacial score (nSPS) is 31.4. The third-order valence-electron chi connectivity index (χ3n) is 9.26. The highest BCUT2D eigenvalue weighted by Gasteiger charge is 2.63. The van der Waals surface area contributed by atoms with Gasteiger partial charge in [-0.1, -0.05) is 6.07 Å². The maximum Gasteiger partial charge on any atom is 0.140 e. The van der Waals surface area contributed by atoms with Gasteiger partial charge in [0.2, 0.25) is 0 Å². The first kappa shape index (κ1) is 22.3. The third kappa shape index (κ3) is 3.62. The number of rotatable bonds is 6. The summed E-state index contributed by atoms with van der Waals surface area (Å²) in [6, 6.07) is 9.94. The fourth-order valence-electron chi connectivity index (χ4n) is 7.20. The van der Waals surface area contributed by atoms with Crippen molar-refractivity contribution in [3.8, 4) is 11.5 Å². The van der Waals surface area contributed by atoms with Crippen LogP contribution in [0.15, 0.2) is 36.5 Å². The van der Waals surface area contributed by atoms with Gasteiger partial charge in [0.05, 0.1) is 18.4 Å². The standard InChI is InChI=1S/C28H37N3O3/c1-34-25-3-2-12-29-24(25)8-13-30-14-9-27-10-16-31(19-20-4-5-20)26(28(27,33)11-15-30)17-21-6-7-22(32)18-23(21)27/h2-3,6-7,12,18,20,26,32-33H,4-5,8-11,13-17,19H2,1H3. The lowest BCUT2D eigenvalue weighted by Crippen LogP contribution is -2.71. The van der Waals surface area contributed by atoms with E-state index in [1.54, 1.807) is 7.11 Å². The van der Waals surface area contributed by atoms with Crippen LogP contribution in [-0.4, -0.2) is 76.5 Å². The molecule has 34 heavy (non-hydrogen) atoms. The van der Waals surface area contributed by atoms with Crippen LogP contribution in [-0.2, 0) is 18.3 Å². The largest absolute Gasteiger partial charge is 0.508 e. The van der Waals surface area contributed by atoms with Crippen molar-refractivity contribution in [3.05, 3.63) is 53.3 Å². The first-order valence-corrected chi connectivity index (χ1v) is 13.0. The summed E-state index contributed by atoms with van der Waals surface area (Å²) < 4.78 is 5.51. The van der Waals surface area contributed by atoms with Crippen LogP contribution in [0, 0.1) is 5.92 Å². The van der Waals surface area contributed by atoms with E-state index in [1.165, 1.54) is 24.0 Å². The number of pyridine rings is 1. The van der Waals surface area contributed by atoms with Gasteiger partial charge < -0.3 is 19.8 Å². The summed E-state index contributed by atoms with van der Waals surface area (Å²) in [6.45, 7) is 4.91. The Labute approximate surface area is 202 Å². The smallest absolute Gasteiger partial charge is 0.140 e. The van der Waals surface area contributed by atoms with Crippen LogP contribution in [0.4, 0.5) is 0 Å². The van der Waals surface area contributed by atoms with Crippen LogP contribution >= 0.6 is 0 Å². The summed E-state index contributed by atoms with van der Waals surface area (Å²) in [4.78, 5) is 9.66. The Morgan fingerprint density at radius 1 is 1.12 bits per heavy atom. The molecule has 3 atom stereocenters. The van der Waals surface area contributed by atoms with Crippen molar-refractivity contribution in [2.45, 2.75) is 62.0 Å². The van der Waals surface area contributed by atoms with Crippen molar-refractivity contribution in [1.29, 1.82) is 0 Å². The summed E-state index contributed by atoms with van der Waals surface area (Å²) >= 11 is 0. The van der Waals surface area contributed by atoms with Crippen molar-refractivity contribution in [1.82, 2.24) is 14.8 Å². The van der Waals surface area contributed by atoms with Gasteiger partial charge >= 0.3 is 0 Å². The van der Waals surface area contributed by atoms with E-state index >= 15 is 0 Å². The first-order valence-electron chi connectivity index (χ1n) is 13.0. The summed E-state index contributed by atoms with van der Waals surface area (Å²) in [5, 5.41) is 23.0. The van der Waals surface area contributed by atoms with Gasteiger partial charge in [-0.15, -0.1) is 0 Å². The number of ether oxygens (including phenoxy) is 1. The molecule has 0 amide bonds. The predicted molar refractivity (Wildman–Crippen MR) is 131 cm³/mol. The van der Waals surface area contributed by atoms with Crippen LogP contribution in [0.2, 0.25) is 0 Å². The van der Waals surface area contributed by atoms with E-state index in [1.807, 2.05) is 30.5 Å². The minimum atomic E-state index is -0.766. The molecule has 6 heteroatoms.